The van der Waals surface area contributed by atoms with Gasteiger partial charge in [0.1, 0.15) is 5.82 Å². The van der Waals surface area contributed by atoms with Gasteiger partial charge in [-0.2, -0.15) is 15.1 Å². The van der Waals surface area contributed by atoms with Crippen molar-refractivity contribution >= 4 is 38.5 Å². The molecule has 1 unspecified atom stereocenters. The Morgan fingerprint density at radius 2 is 1.85 bits per heavy atom. The van der Waals surface area contributed by atoms with Gasteiger partial charge in [0, 0.05) is 12.6 Å². The van der Waals surface area contributed by atoms with E-state index >= 15 is 0 Å². The number of hydrogen-bond acceptors (Lipinski definition) is 7. The summed E-state index contributed by atoms with van der Waals surface area (Å²) in [5, 5.41) is 11.1. The van der Waals surface area contributed by atoms with Gasteiger partial charge in [-0.15, -0.1) is 0 Å². The van der Waals surface area contributed by atoms with Crippen molar-refractivity contribution in [3.63, 3.8) is 0 Å². The number of nitrogens with zero attached hydrogens (tertiary/aromatic N) is 4. The number of nitrogens with two attached hydrogens (primary N) is 1. The molecule has 0 saturated carbocycles. The molecule has 0 radical (unpaired) electrons. The Balaban J connectivity index is 1.53. The van der Waals surface area contributed by atoms with Crippen LogP contribution in [0.25, 0.3) is 11.0 Å². The minimum absolute atomic E-state index is 0.0611. The highest BCUT2D eigenvalue weighted by Gasteiger charge is 2.32. The fourth-order valence-corrected chi connectivity index (χ4v) is 6.83. The minimum Gasteiger partial charge on any atom is -0.368 e. The van der Waals surface area contributed by atoms with Gasteiger partial charge in [0.15, 0.2) is 5.65 Å². The summed E-state index contributed by atoms with van der Waals surface area (Å²) in [5.74, 6) is 0.725. The number of fused-ring (bicyclic) bond motifs is 2. The molecular weight excluding hydrogens is 450 g/mol. The van der Waals surface area contributed by atoms with E-state index in [-0.39, 0.29) is 12.0 Å². The molecule has 34 heavy (non-hydrogen) atoms. The van der Waals surface area contributed by atoms with Crippen molar-refractivity contribution in [2.75, 3.05) is 21.9 Å². The van der Waals surface area contributed by atoms with E-state index < -0.39 is 10.0 Å². The van der Waals surface area contributed by atoms with Gasteiger partial charge in [-0.05, 0) is 56.4 Å². The molecule has 1 aliphatic rings. The van der Waals surface area contributed by atoms with Crippen LogP contribution in [0.5, 0.6) is 0 Å². The van der Waals surface area contributed by atoms with Gasteiger partial charge in [-0.3, -0.25) is 9.40 Å². The first-order valence-electron chi connectivity index (χ1n) is 11.2. The third kappa shape index (κ3) is 3.83. The molecule has 0 amide bonds. The summed E-state index contributed by atoms with van der Waals surface area (Å²) < 4.78 is 29.5. The van der Waals surface area contributed by atoms with E-state index in [1.54, 1.807) is 10.5 Å². The van der Waals surface area contributed by atoms with Crippen LogP contribution in [0.2, 0.25) is 0 Å². The molecule has 0 saturated heterocycles. The second-order valence-corrected chi connectivity index (χ2v) is 10.6. The summed E-state index contributed by atoms with van der Waals surface area (Å²) in [6.07, 6.45) is 2.87. The van der Waals surface area contributed by atoms with Crippen molar-refractivity contribution in [1.29, 1.82) is 0 Å². The Bertz CT molecular complexity index is 1470. The SMILES string of the molecule is Cc1cc(C)c(S(=O)(=O)N2CCC(Nc3nc(N)nc4[nH]ncc34)Cc3ccccc32)c(C)c1. The fraction of sp³-hybridized carbons (Fsp3) is 0.292. The van der Waals surface area contributed by atoms with E-state index in [4.69, 9.17) is 5.73 Å². The normalized spacial score (nSPS) is 16.3. The van der Waals surface area contributed by atoms with Crippen LogP contribution in [0.1, 0.15) is 28.7 Å². The predicted molar refractivity (Wildman–Crippen MR) is 133 cm³/mol. The molecule has 1 atom stereocenters. The van der Waals surface area contributed by atoms with Gasteiger partial charge in [-0.1, -0.05) is 35.9 Å². The molecule has 0 fully saturated rings. The quantitative estimate of drug-likeness (QED) is 0.410. The Morgan fingerprint density at radius 1 is 1.12 bits per heavy atom. The Hall–Kier alpha value is -3.66. The monoisotopic (exact) mass is 477 g/mol. The topological polar surface area (TPSA) is 130 Å². The van der Waals surface area contributed by atoms with Gasteiger partial charge in [0.2, 0.25) is 5.95 Å². The first-order chi connectivity index (χ1) is 16.2. The van der Waals surface area contributed by atoms with E-state index in [1.165, 1.54) is 0 Å². The third-order valence-corrected chi connectivity index (χ3v) is 8.35. The van der Waals surface area contributed by atoms with Crippen LogP contribution in [0.3, 0.4) is 0 Å². The Labute approximate surface area is 198 Å². The number of rotatable bonds is 4. The van der Waals surface area contributed by atoms with E-state index in [2.05, 4.69) is 25.5 Å². The van der Waals surface area contributed by atoms with Crippen LogP contribution in [-0.4, -0.2) is 41.2 Å². The number of hydrogen-bond donors (Lipinski definition) is 3. The van der Waals surface area contributed by atoms with Crippen molar-refractivity contribution < 1.29 is 8.42 Å². The van der Waals surface area contributed by atoms with Gasteiger partial charge >= 0.3 is 0 Å². The molecule has 5 rings (SSSR count). The standard InChI is InChI=1S/C24H27N7O2S/c1-14-10-15(2)21(16(3)11-14)34(32,33)31-9-8-18(12-17-6-4-5-7-20(17)31)27-22-19-13-26-30-23(19)29-24(25)28-22/h4-7,10-11,13,18H,8-9,12H2,1-3H3,(H4,25,26,27,28,29,30). The largest absolute Gasteiger partial charge is 0.368 e. The molecule has 0 spiro atoms. The second-order valence-electron chi connectivity index (χ2n) is 8.83. The first-order valence-corrected chi connectivity index (χ1v) is 12.6. The summed E-state index contributed by atoms with van der Waals surface area (Å²) in [7, 11) is -3.76. The number of sulfonamides is 1. The Kier molecular flexibility index (Phi) is 5.40. The van der Waals surface area contributed by atoms with Crippen LogP contribution in [-0.2, 0) is 16.4 Å². The number of benzene rings is 2. The number of nitrogen functional groups attached to an aromatic ring is 1. The predicted octanol–water partition coefficient (Wildman–Crippen LogP) is 3.48. The molecule has 0 aliphatic carbocycles. The molecule has 3 heterocycles. The molecule has 4 N–H and O–H groups in total. The van der Waals surface area contributed by atoms with Crippen LogP contribution in [0.4, 0.5) is 17.5 Å². The lowest BCUT2D eigenvalue weighted by molar-refractivity contribution is 0.586. The highest BCUT2D eigenvalue weighted by Crippen LogP contribution is 2.34. The van der Waals surface area contributed by atoms with Crippen molar-refractivity contribution in [3.8, 4) is 0 Å². The number of anilines is 3. The van der Waals surface area contributed by atoms with Gasteiger partial charge < -0.3 is 11.1 Å². The average molecular weight is 478 g/mol. The van der Waals surface area contributed by atoms with Gasteiger partial charge in [0.05, 0.1) is 22.2 Å². The van der Waals surface area contributed by atoms with Crippen LogP contribution in [0.15, 0.2) is 47.5 Å². The van der Waals surface area contributed by atoms with Crippen molar-refractivity contribution in [2.24, 2.45) is 0 Å². The molecular formula is C24H27N7O2S. The minimum atomic E-state index is -3.76. The maximum absolute atomic E-state index is 14.0. The molecule has 4 aromatic rings. The first kappa shape index (κ1) is 22.1. The number of aromatic nitrogens is 4. The Morgan fingerprint density at radius 3 is 2.62 bits per heavy atom. The zero-order valence-corrected chi connectivity index (χ0v) is 20.1. The third-order valence-electron chi connectivity index (χ3n) is 6.23. The average Bonchev–Trinajstić information content (AvgIpc) is 3.14. The molecule has 2 aromatic carbocycles. The molecule has 176 valence electrons. The number of para-hydroxylation sites is 1. The number of aromatic amines is 1. The maximum Gasteiger partial charge on any atom is 0.264 e. The smallest absolute Gasteiger partial charge is 0.264 e. The van der Waals surface area contributed by atoms with E-state index in [1.807, 2.05) is 57.2 Å². The van der Waals surface area contributed by atoms with Gasteiger partial charge in [0.25, 0.3) is 10.0 Å². The summed E-state index contributed by atoms with van der Waals surface area (Å²) in [5.41, 5.74) is 10.7. The lowest BCUT2D eigenvalue weighted by Gasteiger charge is -2.26. The number of aryl methyl sites for hydroxylation is 3. The summed E-state index contributed by atoms with van der Waals surface area (Å²) in [6.45, 7) is 6.02. The summed E-state index contributed by atoms with van der Waals surface area (Å²) in [4.78, 5) is 8.91. The van der Waals surface area contributed by atoms with Crippen LogP contribution < -0.4 is 15.4 Å². The lowest BCUT2D eigenvalue weighted by atomic mass is 10.0. The zero-order chi connectivity index (χ0) is 24.0. The van der Waals surface area contributed by atoms with Crippen molar-refractivity contribution in [2.45, 2.75) is 44.6 Å². The lowest BCUT2D eigenvalue weighted by Crippen LogP contribution is -2.34. The number of nitrogens with one attached hydrogen (secondary N) is 2. The molecule has 9 nitrogen and oxygen atoms in total. The highest BCUT2D eigenvalue weighted by atomic mass is 32.2. The van der Waals surface area contributed by atoms with Crippen LogP contribution in [0, 0.1) is 20.8 Å². The fourth-order valence-electron chi connectivity index (χ4n) is 4.90. The molecule has 0 bridgehead atoms. The van der Waals surface area contributed by atoms with Crippen LogP contribution >= 0.6 is 0 Å². The van der Waals surface area contributed by atoms with E-state index in [0.717, 1.165) is 27.6 Å². The van der Waals surface area contributed by atoms with Gasteiger partial charge in [-0.25, -0.2) is 8.42 Å². The van der Waals surface area contributed by atoms with E-state index in [9.17, 15) is 8.42 Å². The highest BCUT2D eigenvalue weighted by molar-refractivity contribution is 7.93. The maximum atomic E-state index is 14.0. The van der Waals surface area contributed by atoms with E-state index in [0.29, 0.717) is 41.4 Å². The summed E-state index contributed by atoms with van der Waals surface area (Å²) in [6, 6.07) is 11.5. The number of H-pyrrole nitrogens is 1. The molecule has 2 aromatic heterocycles. The molecule has 10 heteroatoms. The second kappa shape index (κ2) is 8.28. The summed E-state index contributed by atoms with van der Waals surface area (Å²) >= 11 is 0. The zero-order valence-electron chi connectivity index (χ0n) is 19.3. The van der Waals surface area contributed by atoms with Crippen molar-refractivity contribution in [3.05, 3.63) is 64.8 Å². The van der Waals surface area contributed by atoms with Crippen molar-refractivity contribution in [1.82, 2.24) is 20.2 Å². The molecule has 1 aliphatic heterocycles.